The average Bonchev–Trinajstić information content (AvgIpc) is 2.87. The monoisotopic (exact) mass is 293 g/mol. The van der Waals surface area contributed by atoms with Gasteiger partial charge in [-0.15, -0.1) is 5.10 Å². The second kappa shape index (κ2) is 5.85. The molecule has 1 atom stereocenters. The number of nitrogens with zero attached hydrogens (tertiary/aromatic N) is 3. The van der Waals surface area contributed by atoms with Crippen molar-refractivity contribution in [2.75, 3.05) is 6.61 Å². The Morgan fingerprint density at radius 3 is 2.75 bits per heavy atom. The van der Waals surface area contributed by atoms with Gasteiger partial charge in [0, 0.05) is 17.2 Å². The molecular formula is C14H19N3O2S. The molecule has 2 rings (SSSR count). The Balaban J connectivity index is 2.34. The van der Waals surface area contributed by atoms with Crippen LogP contribution in [-0.2, 0) is 5.41 Å². The number of aliphatic hydroxyl groups excluding tert-OH is 1. The second-order valence-corrected chi connectivity index (χ2v) is 6.31. The maximum Gasteiger partial charge on any atom is 0.137 e. The third-order valence-corrected chi connectivity index (χ3v) is 3.61. The first-order chi connectivity index (χ1) is 9.43. The van der Waals surface area contributed by atoms with Gasteiger partial charge in [0.05, 0.1) is 23.4 Å². The molecule has 108 valence electrons. The molecule has 1 unspecified atom stereocenters. The molecule has 2 heterocycles. The van der Waals surface area contributed by atoms with Gasteiger partial charge in [-0.25, -0.2) is 0 Å². The number of hydrogen-bond donors (Lipinski definition) is 1. The lowest BCUT2D eigenvalue weighted by molar-refractivity contribution is 0.219. The summed E-state index contributed by atoms with van der Waals surface area (Å²) in [6, 6.07) is 1.80. The van der Waals surface area contributed by atoms with Crippen molar-refractivity contribution in [3.63, 3.8) is 0 Å². The largest absolute Gasteiger partial charge is 0.492 e. The molecule has 0 aliphatic heterocycles. The van der Waals surface area contributed by atoms with Crippen LogP contribution in [0.5, 0.6) is 5.75 Å². The minimum Gasteiger partial charge on any atom is -0.492 e. The Bertz CT molecular complexity index is 578. The zero-order valence-corrected chi connectivity index (χ0v) is 12.9. The summed E-state index contributed by atoms with van der Waals surface area (Å²) in [6.07, 6.45) is 2.49. The molecule has 0 bridgehead atoms. The second-order valence-electron chi connectivity index (χ2n) is 5.53. The summed E-state index contributed by atoms with van der Waals surface area (Å²) < 4.78 is 9.38. The molecule has 2 aromatic heterocycles. The van der Waals surface area contributed by atoms with Crippen molar-refractivity contribution >= 4 is 11.5 Å². The maximum atomic E-state index is 10.6. The molecule has 6 heteroatoms. The average molecular weight is 293 g/mol. The lowest BCUT2D eigenvalue weighted by atomic mass is 9.89. The van der Waals surface area contributed by atoms with E-state index >= 15 is 0 Å². The minimum atomic E-state index is -0.780. The summed E-state index contributed by atoms with van der Waals surface area (Å²) >= 11 is 1.22. The standard InChI is InChI=1S/C14H19N3O2S/c1-5-19-10-6-9(7-15-8-10)11(18)12-13(14(2,3)4)16-17-20-12/h6-8,11,18H,5H2,1-4H3. The third kappa shape index (κ3) is 3.13. The highest BCUT2D eigenvalue weighted by Gasteiger charge is 2.27. The van der Waals surface area contributed by atoms with Crippen molar-refractivity contribution in [1.82, 2.24) is 14.6 Å². The smallest absolute Gasteiger partial charge is 0.137 e. The molecular weight excluding hydrogens is 274 g/mol. The number of aliphatic hydroxyl groups is 1. The minimum absolute atomic E-state index is 0.158. The first-order valence-electron chi connectivity index (χ1n) is 6.52. The fourth-order valence-electron chi connectivity index (χ4n) is 1.88. The van der Waals surface area contributed by atoms with E-state index in [1.165, 1.54) is 11.5 Å². The van der Waals surface area contributed by atoms with Crippen LogP contribution in [0.25, 0.3) is 0 Å². The fourth-order valence-corrected chi connectivity index (χ4v) is 2.76. The summed E-state index contributed by atoms with van der Waals surface area (Å²) in [4.78, 5) is 4.86. The van der Waals surface area contributed by atoms with E-state index in [4.69, 9.17) is 4.74 Å². The van der Waals surface area contributed by atoms with Gasteiger partial charge in [0.15, 0.2) is 0 Å². The first kappa shape index (κ1) is 14.9. The molecule has 0 aliphatic rings. The Hall–Kier alpha value is -1.53. The van der Waals surface area contributed by atoms with Gasteiger partial charge >= 0.3 is 0 Å². The summed E-state index contributed by atoms with van der Waals surface area (Å²) in [5, 5.41) is 14.7. The summed E-state index contributed by atoms with van der Waals surface area (Å²) in [6.45, 7) is 8.63. The lowest BCUT2D eigenvalue weighted by Gasteiger charge is -2.19. The molecule has 5 nitrogen and oxygen atoms in total. The molecule has 0 spiro atoms. The van der Waals surface area contributed by atoms with E-state index < -0.39 is 6.10 Å². The van der Waals surface area contributed by atoms with Gasteiger partial charge in [-0.05, 0) is 24.5 Å². The van der Waals surface area contributed by atoms with Crippen LogP contribution < -0.4 is 4.74 Å². The van der Waals surface area contributed by atoms with Crippen molar-refractivity contribution in [1.29, 1.82) is 0 Å². The highest BCUT2D eigenvalue weighted by molar-refractivity contribution is 7.05. The predicted molar refractivity (Wildman–Crippen MR) is 78.1 cm³/mol. The molecule has 0 saturated heterocycles. The molecule has 2 aromatic rings. The van der Waals surface area contributed by atoms with Gasteiger partial charge in [0.1, 0.15) is 11.9 Å². The molecule has 20 heavy (non-hydrogen) atoms. The van der Waals surface area contributed by atoms with Crippen molar-refractivity contribution in [2.45, 2.75) is 39.2 Å². The van der Waals surface area contributed by atoms with Gasteiger partial charge in [-0.1, -0.05) is 25.3 Å². The molecule has 0 saturated carbocycles. The van der Waals surface area contributed by atoms with E-state index in [9.17, 15) is 5.11 Å². The number of aromatic nitrogens is 3. The topological polar surface area (TPSA) is 68.1 Å². The van der Waals surface area contributed by atoms with Gasteiger partial charge in [-0.2, -0.15) is 0 Å². The number of pyridine rings is 1. The molecule has 0 aliphatic carbocycles. The van der Waals surface area contributed by atoms with E-state index in [1.807, 2.05) is 6.92 Å². The maximum absolute atomic E-state index is 10.6. The first-order valence-corrected chi connectivity index (χ1v) is 7.29. The Kier molecular flexibility index (Phi) is 4.35. The molecule has 1 N–H and O–H groups in total. The molecule has 0 amide bonds. The summed E-state index contributed by atoms with van der Waals surface area (Å²) in [7, 11) is 0. The third-order valence-electron chi connectivity index (χ3n) is 2.83. The normalized spacial score (nSPS) is 13.2. The van der Waals surface area contributed by atoms with Crippen LogP contribution in [0.2, 0.25) is 0 Å². The van der Waals surface area contributed by atoms with Crippen LogP contribution in [-0.4, -0.2) is 26.3 Å². The van der Waals surface area contributed by atoms with Crippen molar-refractivity contribution in [2.24, 2.45) is 0 Å². The predicted octanol–water partition coefficient (Wildman–Crippen LogP) is 2.71. The van der Waals surface area contributed by atoms with Crippen LogP contribution in [0.15, 0.2) is 18.5 Å². The number of hydrogen-bond acceptors (Lipinski definition) is 6. The van der Waals surface area contributed by atoms with Crippen LogP contribution >= 0.6 is 11.5 Å². The molecule has 0 aromatic carbocycles. The highest BCUT2D eigenvalue weighted by Crippen LogP contribution is 2.34. The zero-order chi connectivity index (χ0) is 14.8. The van der Waals surface area contributed by atoms with Crippen molar-refractivity contribution < 1.29 is 9.84 Å². The molecule has 0 radical (unpaired) electrons. The van der Waals surface area contributed by atoms with Crippen LogP contribution in [0.4, 0.5) is 0 Å². The van der Waals surface area contributed by atoms with E-state index in [2.05, 4.69) is 35.3 Å². The van der Waals surface area contributed by atoms with E-state index in [0.29, 0.717) is 17.9 Å². The van der Waals surface area contributed by atoms with Crippen molar-refractivity contribution in [3.8, 4) is 5.75 Å². The van der Waals surface area contributed by atoms with Gasteiger partial charge in [-0.3, -0.25) is 4.98 Å². The fraction of sp³-hybridized carbons (Fsp3) is 0.500. The van der Waals surface area contributed by atoms with Crippen LogP contribution in [0.3, 0.4) is 0 Å². The van der Waals surface area contributed by atoms with Gasteiger partial charge in [0.2, 0.25) is 0 Å². The Labute approximate surface area is 122 Å². The Morgan fingerprint density at radius 1 is 1.35 bits per heavy atom. The highest BCUT2D eigenvalue weighted by atomic mass is 32.1. The number of rotatable bonds is 4. The van der Waals surface area contributed by atoms with Gasteiger partial charge in [0.25, 0.3) is 0 Å². The molecule has 0 fully saturated rings. The SMILES string of the molecule is CCOc1cncc(C(O)c2snnc2C(C)(C)C)c1. The lowest BCUT2D eigenvalue weighted by Crippen LogP contribution is -2.16. The van der Waals surface area contributed by atoms with Crippen LogP contribution in [0.1, 0.15) is 49.9 Å². The number of ether oxygens (including phenoxy) is 1. The van der Waals surface area contributed by atoms with E-state index in [-0.39, 0.29) is 5.41 Å². The van der Waals surface area contributed by atoms with E-state index in [0.717, 1.165) is 10.6 Å². The van der Waals surface area contributed by atoms with Crippen molar-refractivity contribution in [3.05, 3.63) is 34.6 Å². The summed E-state index contributed by atoms with van der Waals surface area (Å²) in [5.74, 6) is 0.652. The van der Waals surface area contributed by atoms with Crippen LogP contribution in [0, 0.1) is 0 Å². The quantitative estimate of drug-likeness (QED) is 0.938. The van der Waals surface area contributed by atoms with E-state index in [1.54, 1.807) is 18.5 Å². The van der Waals surface area contributed by atoms with Gasteiger partial charge < -0.3 is 9.84 Å². The summed E-state index contributed by atoms with van der Waals surface area (Å²) in [5.41, 5.74) is 1.35. The zero-order valence-electron chi connectivity index (χ0n) is 12.1. The Morgan fingerprint density at radius 2 is 2.10 bits per heavy atom.